The van der Waals surface area contributed by atoms with Crippen LogP contribution in [0.15, 0.2) is 36.9 Å². The molecule has 5 heteroatoms. The van der Waals surface area contributed by atoms with E-state index in [0.717, 1.165) is 22.8 Å². The van der Waals surface area contributed by atoms with Crippen molar-refractivity contribution in [3.05, 3.63) is 54.6 Å². The molecular formula is C14H15N5. The Morgan fingerprint density at radius 2 is 1.95 bits per heavy atom. The van der Waals surface area contributed by atoms with Crippen LogP contribution in [0, 0.1) is 20.2 Å². The van der Waals surface area contributed by atoms with Gasteiger partial charge in [-0.3, -0.25) is 4.98 Å². The van der Waals surface area contributed by atoms with Crippen molar-refractivity contribution in [2.24, 2.45) is 7.05 Å². The zero-order valence-corrected chi connectivity index (χ0v) is 11.2. The highest BCUT2D eigenvalue weighted by Crippen LogP contribution is 2.14. The summed E-state index contributed by atoms with van der Waals surface area (Å²) in [4.78, 5) is 4.29. The lowest BCUT2D eigenvalue weighted by atomic mass is 10.3. The summed E-state index contributed by atoms with van der Waals surface area (Å²) in [6, 6.07) is 4.09. The monoisotopic (exact) mass is 253 g/mol. The van der Waals surface area contributed by atoms with E-state index >= 15 is 0 Å². The standard InChI is InChI=1S/C14H15N5/c1-11-6-12(2)19(16-11)14-7-13(8-15-9-14)18-5-4-17(3)10-18/h4-9H,1-3H3. The van der Waals surface area contributed by atoms with Crippen molar-refractivity contribution in [3.63, 3.8) is 0 Å². The molecule has 3 aromatic heterocycles. The minimum Gasteiger partial charge on any atom is -0.325 e. The first kappa shape index (κ1) is 11.6. The van der Waals surface area contributed by atoms with Crippen LogP contribution in [-0.2, 0) is 7.05 Å². The van der Waals surface area contributed by atoms with E-state index in [-0.39, 0.29) is 0 Å². The predicted octanol–water partition coefficient (Wildman–Crippen LogP) is 1.30. The van der Waals surface area contributed by atoms with Crippen LogP contribution in [0.4, 0.5) is 0 Å². The molecule has 19 heavy (non-hydrogen) atoms. The lowest BCUT2D eigenvalue weighted by Gasteiger charge is -2.07. The molecule has 3 rings (SSSR count). The van der Waals surface area contributed by atoms with Gasteiger partial charge in [0.15, 0.2) is 0 Å². The summed E-state index contributed by atoms with van der Waals surface area (Å²) in [5, 5.41) is 4.47. The Bertz CT molecular complexity index is 723. The molecule has 0 aromatic carbocycles. The highest BCUT2D eigenvalue weighted by Gasteiger charge is 2.05. The first-order valence-corrected chi connectivity index (χ1v) is 6.09. The van der Waals surface area contributed by atoms with Gasteiger partial charge in [-0.2, -0.15) is 5.10 Å². The number of nitrogens with zero attached hydrogens (tertiary/aromatic N) is 5. The van der Waals surface area contributed by atoms with Gasteiger partial charge < -0.3 is 9.13 Å². The maximum atomic E-state index is 4.47. The summed E-state index contributed by atoms with van der Waals surface area (Å²) in [5.74, 6) is 0. The second kappa shape index (κ2) is 4.35. The fraction of sp³-hybridized carbons (Fsp3) is 0.214. The van der Waals surface area contributed by atoms with Crippen LogP contribution in [0.5, 0.6) is 0 Å². The average molecular weight is 253 g/mol. The fourth-order valence-electron chi connectivity index (χ4n) is 2.10. The van der Waals surface area contributed by atoms with Crippen molar-refractivity contribution in [3.8, 4) is 11.4 Å². The number of aromatic nitrogens is 5. The Morgan fingerprint density at radius 1 is 1.16 bits per heavy atom. The molecule has 0 spiro atoms. The van der Waals surface area contributed by atoms with Crippen LogP contribution in [0.3, 0.4) is 0 Å². The van der Waals surface area contributed by atoms with Crippen molar-refractivity contribution in [2.45, 2.75) is 13.8 Å². The molecule has 0 atom stereocenters. The van der Waals surface area contributed by atoms with E-state index in [2.05, 4.69) is 22.5 Å². The third kappa shape index (κ3) is 2.14. The van der Waals surface area contributed by atoms with Gasteiger partial charge in [0.05, 0.1) is 30.3 Å². The van der Waals surface area contributed by atoms with Gasteiger partial charge in [0.25, 0.3) is 0 Å². The highest BCUT2D eigenvalue weighted by atomic mass is 15.3. The molecule has 0 bridgehead atoms. The normalized spacial score (nSPS) is 10.9. The van der Waals surface area contributed by atoms with Gasteiger partial charge in [-0.05, 0) is 26.0 Å². The van der Waals surface area contributed by atoms with Gasteiger partial charge >= 0.3 is 0 Å². The summed E-state index contributed by atoms with van der Waals surface area (Å²) >= 11 is 0. The first-order valence-electron chi connectivity index (χ1n) is 6.09. The van der Waals surface area contributed by atoms with Gasteiger partial charge in [-0.1, -0.05) is 0 Å². The van der Waals surface area contributed by atoms with Gasteiger partial charge in [0.2, 0.25) is 6.33 Å². The largest absolute Gasteiger partial charge is 0.325 e. The van der Waals surface area contributed by atoms with Gasteiger partial charge in [0, 0.05) is 24.3 Å². The number of hydrogen-bond donors (Lipinski definition) is 0. The molecule has 0 unspecified atom stereocenters. The fourth-order valence-corrected chi connectivity index (χ4v) is 2.10. The third-order valence-electron chi connectivity index (χ3n) is 2.95. The van der Waals surface area contributed by atoms with E-state index < -0.39 is 0 Å². The molecule has 5 nitrogen and oxygen atoms in total. The van der Waals surface area contributed by atoms with E-state index in [1.807, 2.05) is 65.6 Å². The second-order valence-corrected chi connectivity index (χ2v) is 4.62. The average Bonchev–Trinajstić information content (AvgIpc) is 2.96. The quantitative estimate of drug-likeness (QED) is 0.510. The Labute approximate surface area is 111 Å². The molecule has 0 saturated carbocycles. The number of aryl methyl sites for hydroxylation is 3. The maximum Gasteiger partial charge on any atom is 0.243 e. The van der Waals surface area contributed by atoms with Crippen molar-refractivity contribution in [2.75, 3.05) is 0 Å². The van der Waals surface area contributed by atoms with Crippen LogP contribution in [0.2, 0.25) is 0 Å². The molecule has 0 radical (unpaired) electrons. The topological polar surface area (TPSA) is 39.5 Å². The molecule has 96 valence electrons. The minimum atomic E-state index is 0.952. The molecule has 0 aliphatic rings. The van der Waals surface area contributed by atoms with E-state index in [1.165, 1.54) is 0 Å². The Kier molecular flexibility index (Phi) is 2.67. The number of pyridine rings is 1. The Balaban J connectivity index is 2.07. The lowest BCUT2D eigenvalue weighted by Crippen LogP contribution is -2.24. The van der Waals surface area contributed by atoms with E-state index in [4.69, 9.17) is 0 Å². The van der Waals surface area contributed by atoms with Crippen LogP contribution < -0.4 is 4.57 Å². The van der Waals surface area contributed by atoms with Gasteiger partial charge in [-0.25, -0.2) is 4.68 Å². The molecular weight excluding hydrogens is 238 g/mol. The summed E-state index contributed by atoms with van der Waals surface area (Å²) in [5.41, 5.74) is 4.01. The van der Waals surface area contributed by atoms with Crippen LogP contribution in [-0.4, -0.2) is 19.3 Å². The van der Waals surface area contributed by atoms with Crippen molar-refractivity contribution in [1.82, 2.24) is 19.3 Å². The second-order valence-electron chi connectivity index (χ2n) is 4.62. The number of imidazole rings is 1. The van der Waals surface area contributed by atoms with E-state index in [1.54, 1.807) is 0 Å². The summed E-state index contributed by atoms with van der Waals surface area (Å²) in [6.45, 7) is 4.02. The van der Waals surface area contributed by atoms with Crippen LogP contribution >= 0.6 is 0 Å². The SMILES string of the molecule is Cc1cc(C)n(-c2cncc(-n3[c-][n+](C)cc3)c2)n1. The lowest BCUT2D eigenvalue weighted by molar-refractivity contribution is -0.674. The molecule has 0 aliphatic carbocycles. The highest BCUT2D eigenvalue weighted by molar-refractivity contribution is 5.40. The molecule has 0 amide bonds. The number of hydrogen-bond acceptors (Lipinski definition) is 2. The van der Waals surface area contributed by atoms with Crippen molar-refractivity contribution >= 4 is 0 Å². The van der Waals surface area contributed by atoms with Crippen molar-refractivity contribution < 1.29 is 4.57 Å². The summed E-state index contributed by atoms with van der Waals surface area (Å²) in [7, 11) is 1.94. The Morgan fingerprint density at radius 3 is 2.58 bits per heavy atom. The molecule has 0 aliphatic heterocycles. The Hall–Kier alpha value is -2.43. The first-order chi connectivity index (χ1) is 9.13. The van der Waals surface area contributed by atoms with Gasteiger partial charge in [0.1, 0.15) is 0 Å². The summed E-state index contributed by atoms with van der Waals surface area (Å²) < 4.78 is 5.67. The maximum absolute atomic E-state index is 4.47. The van der Waals surface area contributed by atoms with E-state index in [0.29, 0.717) is 0 Å². The molecule has 3 aromatic rings. The zero-order chi connectivity index (χ0) is 13.4. The molecule has 0 saturated heterocycles. The zero-order valence-electron chi connectivity index (χ0n) is 11.2. The summed E-state index contributed by atoms with van der Waals surface area (Å²) in [6.07, 6.45) is 10.7. The van der Waals surface area contributed by atoms with E-state index in [9.17, 15) is 0 Å². The minimum absolute atomic E-state index is 0.952. The smallest absolute Gasteiger partial charge is 0.243 e. The van der Waals surface area contributed by atoms with Crippen LogP contribution in [0.25, 0.3) is 11.4 Å². The molecule has 0 fully saturated rings. The third-order valence-corrected chi connectivity index (χ3v) is 2.95. The van der Waals surface area contributed by atoms with Crippen molar-refractivity contribution in [1.29, 1.82) is 0 Å². The van der Waals surface area contributed by atoms with Crippen LogP contribution in [0.1, 0.15) is 11.4 Å². The number of rotatable bonds is 2. The van der Waals surface area contributed by atoms with Gasteiger partial charge in [-0.15, -0.1) is 0 Å². The molecule has 3 heterocycles. The molecule has 0 N–H and O–H groups in total. The predicted molar refractivity (Wildman–Crippen MR) is 70.2 cm³/mol.